The summed E-state index contributed by atoms with van der Waals surface area (Å²) in [5.74, 6) is 0. The van der Waals surface area contributed by atoms with Gasteiger partial charge in [-0.25, -0.2) is 0 Å². The zero-order valence-corrected chi connectivity index (χ0v) is 18.8. The maximum absolute atomic E-state index is 6.65. The highest BCUT2D eigenvalue weighted by molar-refractivity contribution is 6.34. The van der Waals surface area contributed by atoms with Gasteiger partial charge in [0.05, 0.1) is 10.7 Å². The van der Waals surface area contributed by atoms with E-state index >= 15 is 0 Å². The van der Waals surface area contributed by atoms with Gasteiger partial charge in [0.2, 0.25) is 0 Å². The lowest BCUT2D eigenvalue weighted by atomic mass is 10.0. The highest BCUT2D eigenvalue weighted by Crippen LogP contribution is 2.37. The van der Waals surface area contributed by atoms with Gasteiger partial charge in [0.25, 0.3) is 0 Å². The highest BCUT2D eigenvalue weighted by atomic mass is 35.5. The van der Waals surface area contributed by atoms with Crippen molar-refractivity contribution < 1.29 is 8.83 Å². The van der Waals surface area contributed by atoms with E-state index in [1.54, 1.807) is 0 Å². The molecule has 0 atom stereocenters. The van der Waals surface area contributed by atoms with Crippen LogP contribution in [0, 0.1) is 0 Å². The highest BCUT2D eigenvalue weighted by Gasteiger charge is 2.12. The largest absolute Gasteiger partial charge is 0.456 e. The molecule has 4 heteroatoms. The molecule has 7 aromatic rings. The lowest BCUT2D eigenvalue weighted by Gasteiger charge is -2.10. The summed E-state index contributed by atoms with van der Waals surface area (Å²) in [7, 11) is 0. The molecule has 7 rings (SSSR count). The molecule has 0 amide bonds. The summed E-state index contributed by atoms with van der Waals surface area (Å²) in [6.45, 7) is 0. The Hall–Kier alpha value is -4.21. The number of benzene rings is 5. The van der Waals surface area contributed by atoms with E-state index in [0.717, 1.165) is 66.4 Å². The summed E-state index contributed by atoms with van der Waals surface area (Å²) >= 11 is 6.65. The first-order chi connectivity index (χ1) is 16.7. The summed E-state index contributed by atoms with van der Waals surface area (Å²) in [6.07, 6.45) is 0. The van der Waals surface area contributed by atoms with Crippen LogP contribution in [0.5, 0.6) is 0 Å². The Morgan fingerprint density at radius 3 is 1.94 bits per heavy atom. The number of nitrogens with one attached hydrogen (secondary N) is 1. The van der Waals surface area contributed by atoms with E-state index in [-0.39, 0.29) is 0 Å². The molecule has 0 aliphatic carbocycles. The predicted octanol–water partition coefficient (Wildman–Crippen LogP) is 9.55. The summed E-state index contributed by atoms with van der Waals surface area (Å²) in [6, 6.07) is 34.7. The zero-order valence-electron chi connectivity index (χ0n) is 18.0. The van der Waals surface area contributed by atoms with Crippen molar-refractivity contribution in [1.29, 1.82) is 0 Å². The average molecular weight is 460 g/mol. The minimum atomic E-state index is 0.646. The third-order valence-electron chi connectivity index (χ3n) is 6.32. The normalized spacial score (nSPS) is 11.7. The molecule has 0 saturated carbocycles. The molecule has 3 nitrogen and oxygen atoms in total. The lowest BCUT2D eigenvalue weighted by Crippen LogP contribution is -1.91. The number of hydrogen-bond acceptors (Lipinski definition) is 3. The van der Waals surface area contributed by atoms with Crippen molar-refractivity contribution in [2.45, 2.75) is 0 Å². The number of halogens is 1. The van der Waals surface area contributed by atoms with E-state index in [2.05, 4.69) is 41.7 Å². The second kappa shape index (κ2) is 7.41. The standard InChI is InChI=1S/C30H18ClNO2/c31-25-16-24-22-9-2-4-11-28(22)34-30(24)17-26(25)32-20-7-5-6-18(14-20)19-12-13-23-21-8-1-3-10-27(21)33-29(23)15-19/h1-17,32H. The monoisotopic (exact) mass is 459 g/mol. The van der Waals surface area contributed by atoms with Crippen LogP contribution < -0.4 is 5.32 Å². The Kier molecular flexibility index (Phi) is 4.20. The molecule has 34 heavy (non-hydrogen) atoms. The van der Waals surface area contributed by atoms with Crippen LogP contribution in [-0.2, 0) is 0 Å². The molecule has 0 aliphatic heterocycles. The Morgan fingerprint density at radius 1 is 0.500 bits per heavy atom. The second-order valence-corrected chi connectivity index (χ2v) is 8.85. The number of furan rings is 2. The van der Waals surface area contributed by atoms with Crippen LogP contribution in [0.3, 0.4) is 0 Å². The Bertz CT molecular complexity index is 1860. The minimum absolute atomic E-state index is 0.646. The SMILES string of the molecule is Clc1cc2c(cc1Nc1cccc(-c3ccc4c(c3)oc3ccccc34)c1)oc1ccccc12. The van der Waals surface area contributed by atoms with E-state index in [4.69, 9.17) is 20.4 Å². The van der Waals surface area contributed by atoms with Gasteiger partial charge in [0, 0.05) is 33.3 Å². The fraction of sp³-hybridized carbons (Fsp3) is 0. The van der Waals surface area contributed by atoms with E-state index < -0.39 is 0 Å². The van der Waals surface area contributed by atoms with Crippen molar-refractivity contribution in [3.8, 4) is 11.1 Å². The van der Waals surface area contributed by atoms with Crippen LogP contribution in [0.4, 0.5) is 11.4 Å². The van der Waals surface area contributed by atoms with Crippen molar-refractivity contribution in [3.05, 3.63) is 108 Å². The van der Waals surface area contributed by atoms with Crippen molar-refractivity contribution in [2.24, 2.45) is 0 Å². The minimum Gasteiger partial charge on any atom is -0.456 e. The third-order valence-corrected chi connectivity index (χ3v) is 6.63. The molecule has 0 fully saturated rings. The van der Waals surface area contributed by atoms with Gasteiger partial charge < -0.3 is 14.2 Å². The molecule has 0 saturated heterocycles. The van der Waals surface area contributed by atoms with E-state index in [1.165, 1.54) is 0 Å². The molecular weight excluding hydrogens is 442 g/mol. The molecule has 162 valence electrons. The summed E-state index contributed by atoms with van der Waals surface area (Å²) in [5.41, 5.74) is 7.38. The Labute approximate surface area is 200 Å². The fourth-order valence-corrected chi connectivity index (χ4v) is 4.89. The fourth-order valence-electron chi connectivity index (χ4n) is 4.68. The smallest absolute Gasteiger partial charge is 0.137 e. The van der Waals surface area contributed by atoms with Crippen LogP contribution in [0.15, 0.2) is 112 Å². The van der Waals surface area contributed by atoms with Crippen molar-refractivity contribution in [2.75, 3.05) is 5.32 Å². The van der Waals surface area contributed by atoms with Crippen LogP contribution >= 0.6 is 11.6 Å². The average Bonchev–Trinajstić information content (AvgIpc) is 3.42. The molecule has 1 N–H and O–H groups in total. The van der Waals surface area contributed by atoms with Crippen LogP contribution in [0.2, 0.25) is 5.02 Å². The summed E-state index contributed by atoms with van der Waals surface area (Å²) in [4.78, 5) is 0. The van der Waals surface area contributed by atoms with Gasteiger partial charge in [-0.2, -0.15) is 0 Å². The van der Waals surface area contributed by atoms with Crippen molar-refractivity contribution in [1.82, 2.24) is 0 Å². The van der Waals surface area contributed by atoms with Gasteiger partial charge in [-0.1, -0.05) is 66.2 Å². The molecule has 0 bridgehead atoms. The van der Waals surface area contributed by atoms with E-state index in [0.29, 0.717) is 5.02 Å². The third kappa shape index (κ3) is 3.06. The van der Waals surface area contributed by atoms with Gasteiger partial charge in [-0.05, 0) is 53.6 Å². The van der Waals surface area contributed by atoms with Crippen molar-refractivity contribution >= 4 is 66.9 Å². The van der Waals surface area contributed by atoms with E-state index in [9.17, 15) is 0 Å². The Balaban J connectivity index is 1.26. The second-order valence-electron chi connectivity index (χ2n) is 8.44. The maximum Gasteiger partial charge on any atom is 0.137 e. The first-order valence-corrected chi connectivity index (χ1v) is 11.5. The van der Waals surface area contributed by atoms with Crippen LogP contribution in [0.1, 0.15) is 0 Å². The maximum atomic E-state index is 6.65. The topological polar surface area (TPSA) is 38.3 Å². The van der Waals surface area contributed by atoms with Gasteiger partial charge in [-0.3, -0.25) is 0 Å². The molecule has 0 unspecified atom stereocenters. The summed E-state index contributed by atoms with van der Waals surface area (Å²) < 4.78 is 12.1. The van der Waals surface area contributed by atoms with Gasteiger partial charge in [-0.15, -0.1) is 0 Å². The lowest BCUT2D eigenvalue weighted by molar-refractivity contribution is 0.668. The molecule has 2 aromatic heterocycles. The molecule has 2 heterocycles. The summed E-state index contributed by atoms with van der Waals surface area (Å²) in [5, 5.41) is 8.44. The van der Waals surface area contributed by atoms with E-state index in [1.807, 2.05) is 66.7 Å². The number of fused-ring (bicyclic) bond motifs is 6. The quantitative estimate of drug-likeness (QED) is 0.286. The molecule has 0 radical (unpaired) electrons. The predicted molar refractivity (Wildman–Crippen MR) is 141 cm³/mol. The molecular formula is C30H18ClNO2. The first kappa shape index (κ1) is 19.3. The van der Waals surface area contributed by atoms with Crippen molar-refractivity contribution in [3.63, 3.8) is 0 Å². The molecule has 0 spiro atoms. The number of anilines is 2. The van der Waals surface area contributed by atoms with Gasteiger partial charge in [0.1, 0.15) is 22.3 Å². The molecule has 5 aromatic carbocycles. The van der Waals surface area contributed by atoms with Gasteiger partial charge in [0.15, 0.2) is 0 Å². The number of rotatable bonds is 3. The molecule has 0 aliphatic rings. The number of para-hydroxylation sites is 2. The van der Waals surface area contributed by atoms with Crippen LogP contribution in [0.25, 0.3) is 55.0 Å². The number of hydrogen-bond donors (Lipinski definition) is 1. The Morgan fingerprint density at radius 2 is 1.15 bits per heavy atom. The van der Waals surface area contributed by atoms with Crippen LogP contribution in [-0.4, -0.2) is 0 Å². The first-order valence-electron chi connectivity index (χ1n) is 11.1. The zero-order chi connectivity index (χ0) is 22.6. The van der Waals surface area contributed by atoms with Gasteiger partial charge >= 0.3 is 0 Å².